The van der Waals surface area contributed by atoms with Crippen LogP contribution >= 0.6 is 0 Å². The van der Waals surface area contributed by atoms with E-state index in [9.17, 15) is 9.59 Å². The first-order chi connectivity index (χ1) is 17.4. The van der Waals surface area contributed by atoms with Crippen molar-refractivity contribution in [2.45, 2.75) is 57.5 Å². The quantitative estimate of drug-likeness (QED) is 0.371. The van der Waals surface area contributed by atoms with E-state index in [0.29, 0.717) is 77.7 Å². The van der Waals surface area contributed by atoms with Crippen LogP contribution in [0.4, 0.5) is 4.79 Å². The molecule has 2 aliphatic carbocycles. The number of nitrogens with one attached hydrogen (secondary N) is 3. The van der Waals surface area contributed by atoms with E-state index < -0.39 is 6.09 Å². The van der Waals surface area contributed by atoms with Gasteiger partial charge in [0.1, 0.15) is 29.0 Å². The number of ether oxygens (including phenoxy) is 2. The Balaban J connectivity index is 1.41. The van der Waals surface area contributed by atoms with E-state index in [1.54, 1.807) is 7.11 Å². The van der Waals surface area contributed by atoms with Crippen LogP contribution in [0.3, 0.4) is 0 Å². The minimum Gasteiger partial charge on any atom is -0.497 e. The number of aryl methyl sites for hydroxylation is 1. The maximum absolute atomic E-state index is 13.3. The predicted octanol–water partition coefficient (Wildman–Crippen LogP) is 4.04. The Morgan fingerprint density at radius 1 is 1.08 bits per heavy atom. The van der Waals surface area contributed by atoms with Crippen LogP contribution in [-0.2, 0) is 0 Å². The van der Waals surface area contributed by atoms with Crippen LogP contribution in [0, 0.1) is 12.8 Å². The maximum atomic E-state index is 13.3. The molecule has 2 fully saturated rings. The number of rotatable bonds is 8. The number of carbonyl (C=O) groups excluding carboxylic acids is 1. The van der Waals surface area contributed by atoms with Crippen molar-refractivity contribution in [3.05, 3.63) is 35.8 Å². The summed E-state index contributed by atoms with van der Waals surface area (Å²) >= 11 is 0. The van der Waals surface area contributed by atoms with Gasteiger partial charge in [-0.05, 0) is 69.6 Å². The number of H-pyrrole nitrogens is 1. The highest BCUT2D eigenvalue weighted by atomic mass is 16.5. The summed E-state index contributed by atoms with van der Waals surface area (Å²) in [6.45, 7) is 2.51. The Hall–Kier alpha value is -3.82. The lowest BCUT2D eigenvalue weighted by Gasteiger charge is -2.28. The number of aromatic nitrogens is 3. The normalized spacial score (nSPS) is 19.6. The fourth-order valence-electron chi connectivity index (χ4n) is 4.86. The highest BCUT2D eigenvalue weighted by Crippen LogP contribution is 2.38. The topological polar surface area (TPSA) is 138 Å². The zero-order chi connectivity index (χ0) is 25.2. The molecule has 3 aromatic rings. The highest BCUT2D eigenvalue weighted by molar-refractivity contribution is 6.09. The average Bonchev–Trinajstić information content (AvgIpc) is 3.63. The van der Waals surface area contributed by atoms with E-state index in [4.69, 9.17) is 14.6 Å². The molecule has 4 N–H and O–H groups in total. The molecule has 0 aliphatic heterocycles. The fourth-order valence-corrected chi connectivity index (χ4v) is 4.86. The SMILES string of the molecule is COc1ccc(OCC2CC2)c(-c2ncnc3c(C(=O)N[C@H]4CC[C@H](NC(=O)O)CC4)c(C)[nH]c23)c1. The molecule has 0 radical (unpaired) electrons. The number of benzene rings is 1. The van der Waals surface area contributed by atoms with Gasteiger partial charge in [-0.1, -0.05) is 0 Å². The van der Waals surface area contributed by atoms with Crippen molar-refractivity contribution in [1.82, 2.24) is 25.6 Å². The number of nitrogens with zero attached hydrogens (tertiary/aromatic N) is 2. The van der Waals surface area contributed by atoms with Crippen LogP contribution in [-0.4, -0.2) is 57.9 Å². The molecule has 10 heteroatoms. The Bertz CT molecular complexity index is 1280. The standard InChI is InChI=1S/C26H31N5O5/c1-14-21(25(32)30-16-5-7-17(8-6-16)31-26(33)34)23-24(29-14)22(27-13-28-23)19-11-18(35-2)9-10-20(19)36-12-15-3-4-15/h9-11,13,15-17,29,31H,3-8,12H2,1-2H3,(H,30,32)(H,33,34)/t16-,17-. The molecule has 190 valence electrons. The molecular weight excluding hydrogens is 462 g/mol. The maximum Gasteiger partial charge on any atom is 0.404 e. The van der Waals surface area contributed by atoms with Crippen molar-refractivity contribution < 1.29 is 24.2 Å². The molecule has 2 amide bonds. The summed E-state index contributed by atoms with van der Waals surface area (Å²) in [7, 11) is 1.62. The monoisotopic (exact) mass is 493 g/mol. The molecule has 36 heavy (non-hydrogen) atoms. The van der Waals surface area contributed by atoms with Crippen molar-refractivity contribution in [2.75, 3.05) is 13.7 Å². The number of amides is 2. The molecule has 2 aliphatic rings. The molecule has 2 aromatic heterocycles. The first-order valence-electron chi connectivity index (χ1n) is 12.4. The summed E-state index contributed by atoms with van der Waals surface area (Å²) in [5.41, 5.74) is 3.83. The van der Waals surface area contributed by atoms with Crippen LogP contribution in [0.25, 0.3) is 22.3 Å². The van der Waals surface area contributed by atoms with Crippen LogP contribution in [0.2, 0.25) is 0 Å². The molecule has 2 heterocycles. The van der Waals surface area contributed by atoms with E-state index in [0.717, 1.165) is 5.56 Å². The van der Waals surface area contributed by atoms with Gasteiger partial charge in [0.05, 0.1) is 24.8 Å². The lowest BCUT2D eigenvalue weighted by Crippen LogP contribution is -2.43. The third-order valence-corrected chi connectivity index (χ3v) is 7.00. The van der Waals surface area contributed by atoms with Crippen molar-refractivity contribution in [3.63, 3.8) is 0 Å². The van der Waals surface area contributed by atoms with E-state index in [2.05, 4.69) is 25.6 Å². The number of aromatic amines is 1. The van der Waals surface area contributed by atoms with Gasteiger partial charge in [-0.25, -0.2) is 14.8 Å². The molecule has 0 spiro atoms. The summed E-state index contributed by atoms with van der Waals surface area (Å²) in [6.07, 6.45) is 5.64. The van der Waals surface area contributed by atoms with Crippen molar-refractivity contribution in [1.29, 1.82) is 0 Å². The second-order valence-electron chi connectivity index (χ2n) is 9.66. The minimum absolute atomic E-state index is 0.0178. The van der Waals surface area contributed by atoms with E-state index in [1.807, 2.05) is 25.1 Å². The van der Waals surface area contributed by atoms with Gasteiger partial charge in [-0.3, -0.25) is 4.79 Å². The van der Waals surface area contributed by atoms with E-state index >= 15 is 0 Å². The summed E-state index contributed by atoms with van der Waals surface area (Å²) < 4.78 is 11.6. The smallest absolute Gasteiger partial charge is 0.404 e. The number of hydrogen-bond acceptors (Lipinski definition) is 6. The zero-order valence-electron chi connectivity index (χ0n) is 20.5. The van der Waals surface area contributed by atoms with Gasteiger partial charge in [-0.2, -0.15) is 0 Å². The van der Waals surface area contributed by atoms with Crippen molar-refractivity contribution >= 4 is 23.0 Å². The van der Waals surface area contributed by atoms with Gasteiger partial charge < -0.3 is 30.2 Å². The average molecular weight is 494 g/mol. The summed E-state index contributed by atoms with van der Waals surface area (Å²) in [5.74, 6) is 1.80. The van der Waals surface area contributed by atoms with Crippen LogP contribution in [0.15, 0.2) is 24.5 Å². The predicted molar refractivity (Wildman–Crippen MR) is 134 cm³/mol. The summed E-state index contributed by atoms with van der Waals surface area (Å²) in [4.78, 5) is 36.5. The zero-order valence-corrected chi connectivity index (χ0v) is 20.5. The van der Waals surface area contributed by atoms with Gasteiger partial charge in [0.25, 0.3) is 5.91 Å². The van der Waals surface area contributed by atoms with Gasteiger partial charge in [0.15, 0.2) is 0 Å². The van der Waals surface area contributed by atoms with Gasteiger partial charge in [0, 0.05) is 23.3 Å². The van der Waals surface area contributed by atoms with Gasteiger partial charge in [-0.15, -0.1) is 0 Å². The number of methoxy groups -OCH3 is 1. The Morgan fingerprint density at radius 3 is 2.47 bits per heavy atom. The second-order valence-corrected chi connectivity index (χ2v) is 9.66. The summed E-state index contributed by atoms with van der Waals surface area (Å²) in [5, 5.41) is 14.6. The third-order valence-electron chi connectivity index (χ3n) is 7.00. The molecule has 0 saturated heterocycles. The first-order valence-corrected chi connectivity index (χ1v) is 12.4. The fraction of sp³-hybridized carbons (Fsp3) is 0.462. The molecular formula is C26H31N5O5. The van der Waals surface area contributed by atoms with E-state index in [-0.39, 0.29) is 18.0 Å². The van der Waals surface area contributed by atoms with Gasteiger partial charge >= 0.3 is 6.09 Å². The Kier molecular flexibility index (Phi) is 6.67. The van der Waals surface area contributed by atoms with E-state index in [1.165, 1.54) is 19.2 Å². The van der Waals surface area contributed by atoms with Crippen LogP contribution in [0.5, 0.6) is 11.5 Å². The molecule has 2 saturated carbocycles. The second kappa shape index (κ2) is 10.0. The largest absolute Gasteiger partial charge is 0.497 e. The molecule has 1 aromatic carbocycles. The highest BCUT2D eigenvalue weighted by Gasteiger charge is 2.27. The number of carboxylic acid groups (broad SMARTS) is 1. The molecule has 0 atom stereocenters. The molecule has 10 nitrogen and oxygen atoms in total. The lowest BCUT2D eigenvalue weighted by atomic mass is 9.91. The third kappa shape index (κ3) is 5.07. The number of hydrogen-bond donors (Lipinski definition) is 4. The Morgan fingerprint density at radius 2 is 1.81 bits per heavy atom. The molecule has 5 rings (SSSR count). The van der Waals surface area contributed by atoms with Crippen molar-refractivity contribution in [2.24, 2.45) is 5.92 Å². The molecule has 0 bridgehead atoms. The van der Waals surface area contributed by atoms with Crippen LogP contribution < -0.4 is 20.1 Å². The molecule has 0 unspecified atom stereocenters. The minimum atomic E-state index is -1.01. The Labute approximate surface area is 208 Å². The van der Waals surface area contributed by atoms with Crippen molar-refractivity contribution in [3.8, 4) is 22.8 Å². The van der Waals surface area contributed by atoms with Crippen LogP contribution in [0.1, 0.15) is 54.6 Å². The lowest BCUT2D eigenvalue weighted by molar-refractivity contribution is 0.0924. The first kappa shape index (κ1) is 23.9. The van der Waals surface area contributed by atoms with Gasteiger partial charge in [0.2, 0.25) is 0 Å². The summed E-state index contributed by atoms with van der Waals surface area (Å²) in [6, 6.07) is 5.56. The number of fused-ring (bicyclic) bond motifs is 1. The number of carbonyl (C=O) groups is 2.